The van der Waals surface area contributed by atoms with Gasteiger partial charge in [-0.15, -0.1) is 11.3 Å². The van der Waals surface area contributed by atoms with Crippen molar-refractivity contribution in [3.8, 4) is 0 Å². The molecular formula is C16H25N3O2S. The number of carbonyl (C=O) groups is 2. The van der Waals surface area contributed by atoms with Gasteiger partial charge in [0.05, 0.1) is 6.54 Å². The van der Waals surface area contributed by atoms with Crippen molar-refractivity contribution in [3.63, 3.8) is 0 Å². The molecule has 1 aromatic heterocycles. The van der Waals surface area contributed by atoms with Crippen LogP contribution in [0, 0.1) is 12.8 Å². The van der Waals surface area contributed by atoms with Gasteiger partial charge in [-0.05, 0) is 26.2 Å². The number of aryl methyl sites for hydroxylation is 1. The Hall–Kier alpha value is -1.43. The zero-order chi connectivity index (χ0) is 15.9. The Morgan fingerprint density at radius 2 is 2.14 bits per heavy atom. The molecule has 22 heavy (non-hydrogen) atoms. The summed E-state index contributed by atoms with van der Waals surface area (Å²) in [6.45, 7) is 4.84. The van der Waals surface area contributed by atoms with Gasteiger partial charge in [0.2, 0.25) is 11.8 Å². The summed E-state index contributed by atoms with van der Waals surface area (Å²) in [6, 6.07) is 0. The van der Waals surface area contributed by atoms with Gasteiger partial charge in [0, 0.05) is 23.5 Å². The Morgan fingerprint density at radius 1 is 1.41 bits per heavy atom. The molecule has 5 nitrogen and oxygen atoms in total. The second-order valence-electron chi connectivity index (χ2n) is 5.92. The van der Waals surface area contributed by atoms with Crippen molar-refractivity contribution in [1.82, 2.24) is 9.88 Å². The van der Waals surface area contributed by atoms with Crippen LogP contribution in [-0.2, 0) is 9.59 Å². The maximum absolute atomic E-state index is 12.6. The number of nitrogens with zero attached hydrogens (tertiary/aromatic N) is 2. The molecule has 1 saturated carbocycles. The lowest BCUT2D eigenvalue weighted by atomic mass is 10.1. The van der Waals surface area contributed by atoms with Crippen molar-refractivity contribution in [3.05, 3.63) is 11.1 Å². The fourth-order valence-corrected chi connectivity index (χ4v) is 3.47. The van der Waals surface area contributed by atoms with Crippen LogP contribution in [0.2, 0.25) is 0 Å². The van der Waals surface area contributed by atoms with Crippen LogP contribution in [0.4, 0.5) is 5.13 Å². The van der Waals surface area contributed by atoms with E-state index in [2.05, 4.69) is 17.2 Å². The molecule has 0 saturated heterocycles. The average Bonchev–Trinajstić information content (AvgIpc) is 3.14. The maximum Gasteiger partial charge on any atom is 0.245 e. The van der Waals surface area contributed by atoms with Crippen LogP contribution in [-0.4, -0.2) is 34.8 Å². The third kappa shape index (κ3) is 4.80. The molecule has 1 aromatic rings. The first-order chi connectivity index (χ1) is 10.6. The molecule has 122 valence electrons. The zero-order valence-corrected chi connectivity index (χ0v) is 14.2. The second-order valence-corrected chi connectivity index (χ2v) is 7.15. The van der Waals surface area contributed by atoms with E-state index in [9.17, 15) is 9.59 Å². The van der Waals surface area contributed by atoms with Gasteiger partial charge in [0.15, 0.2) is 5.13 Å². The van der Waals surface area contributed by atoms with E-state index in [1.165, 1.54) is 11.3 Å². The van der Waals surface area contributed by atoms with E-state index in [0.29, 0.717) is 11.7 Å². The number of rotatable bonds is 7. The SMILES string of the molecule is CCCCN(CC(=O)Nc1ncc(C)s1)C(=O)C1CCCC1. The van der Waals surface area contributed by atoms with Crippen molar-refractivity contribution in [2.45, 2.75) is 52.4 Å². The summed E-state index contributed by atoms with van der Waals surface area (Å²) in [7, 11) is 0. The normalized spacial score (nSPS) is 15.0. The molecule has 1 fully saturated rings. The van der Waals surface area contributed by atoms with E-state index >= 15 is 0 Å². The number of hydrogen-bond donors (Lipinski definition) is 1. The van der Waals surface area contributed by atoms with Crippen LogP contribution >= 0.6 is 11.3 Å². The Kier molecular flexibility index (Phi) is 6.36. The summed E-state index contributed by atoms with van der Waals surface area (Å²) in [6.07, 6.45) is 7.87. The summed E-state index contributed by atoms with van der Waals surface area (Å²) >= 11 is 1.45. The monoisotopic (exact) mass is 323 g/mol. The van der Waals surface area contributed by atoms with Crippen molar-refractivity contribution in [1.29, 1.82) is 0 Å². The zero-order valence-electron chi connectivity index (χ0n) is 13.4. The molecule has 0 radical (unpaired) electrons. The topological polar surface area (TPSA) is 62.3 Å². The highest BCUT2D eigenvalue weighted by molar-refractivity contribution is 7.15. The van der Waals surface area contributed by atoms with Crippen molar-refractivity contribution < 1.29 is 9.59 Å². The minimum atomic E-state index is -0.156. The average molecular weight is 323 g/mol. The molecule has 6 heteroatoms. The maximum atomic E-state index is 12.6. The van der Waals surface area contributed by atoms with Crippen LogP contribution in [0.5, 0.6) is 0 Å². The van der Waals surface area contributed by atoms with E-state index in [0.717, 1.165) is 43.4 Å². The Morgan fingerprint density at radius 3 is 2.73 bits per heavy atom. The van der Waals surface area contributed by atoms with Crippen molar-refractivity contribution >= 4 is 28.3 Å². The Bertz CT molecular complexity index is 509. The molecule has 0 bridgehead atoms. The molecule has 2 rings (SSSR count). The summed E-state index contributed by atoms with van der Waals surface area (Å²) in [5.74, 6) is 0.111. The number of unbranched alkanes of at least 4 members (excludes halogenated alkanes) is 1. The number of hydrogen-bond acceptors (Lipinski definition) is 4. The first-order valence-corrected chi connectivity index (χ1v) is 8.93. The molecule has 0 unspecified atom stereocenters. The van der Waals surface area contributed by atoms with Gasteiger partial charge >= 0.3 is 0 Å². The van der Waals surface area contributed by atoms with Gasteiger partial charge < -0.3 is 10.2 Å². The molecule has 1 N–H and O–H groups in total. The molecule has 0 aliphatic heterocycles. The predicted octanol–water partition coefficient (Wildman–Crippen LogP) is 3.21. The Labute approximate surface area is 136 Å². The van der Waals surface area contributed by atoms with Crippen molar-refractivity contribution in [2.24, 2.45) is 5.92 Å². The second kappa shape index (κ2) is 8.27. The molecule has 2 amide bonds. The van der Waals surface area contributed by atoms with Crippen LogP contribution in [0.25, 0.3) is 0 Å². The highest BCUT2D eigenvalue weighted by atomic mass is 32.1. The standard InChI is InChI=1S/C16H25N3O2S/c1-3-4-9-19(15(21)13-7-5-6-8-13)11-14(20)18-16-17-10-12(2)22-16/h10,13H,3-9,11H2,1-2H3,(H,17,18,20). The van der Waals surface area contributed by atoms with Crippen LogP contribution in [0.1, 0.15) is 50.3 Å². The van der Waals surface area contributed by atoms with E-state index in [-0.39, 0.29) is 24.3 Å². The first kappa shape index (κ1) is 16.9. The van der Waals surface area contributed by atoms with Crippen molar-refractivity contribution in [2.75, 3.05) is 18.4 Å². The van der Waals surface area contributed by atoms with E-state index in [1.807, 2.05) is 6.92 Å². The lowest BCUT2D eigenvalue weighted by molar-refractivity contribution is -0.138. The lowest BCUT2D eigenvalue weighted by Crippen LogP contribution is -2.41. The molecule has 0 spiro atoms. The van der Waals surface area contributed by atoms with Gasteiger partial charge in [-0.3, -0.25) is 9.59 Å². The predicted molar refractivity (Wildman–Crippen MR) is 88.9 cm³/mol. The number of nitrogens with one attached hydrogen (secondary N) is 1. The third-order valence-corrected chi connectivity index (χ3v) is 4.83. The summed E-state index contributed by atoms with van der Waals surface area (Å²) in [4.78, 5) is 31.7. The lowest BCUT2D eigenvalue weighted by Gasteiger charge is -2.24. The van der Waals surface area contributed by atoms with E-state index in [4.69, 9.17) is 0 Å². The van der Waals surface area contributed by atoms with Gasteiger partial charge in [-0.25, -0.2) is 4.98 Å². The number of amides is 2. The minimum Gasteiger partial charge on any atom is -0.333 e. The van der Waals surface area contributed by atoms with Gasteiger partial charge in [0.1, 0.15) is 0 Å². The number of carbonyl (C=O) groups excluding carboxylic acids is 2. The van der Waals surface area contributed by atoms with Gasteiger partial charge in [-0.1, -0.05) is 26.2 Å². The molecule has 0 aromatic carbocycles. The molecular weight excluding hydrogens is 298 g/mol. The molecule has 1 aliphatic carbocycles. The van der Waals surface area contributed by atoms with Crippen LogP contribution in [0.15, 0.2) is 6.20 Å². The first-order valence-electron chi connectivity index (χ1n) is 8.11. The molecule has 1 aliphatic rings. The van der Waals surface area contributed by atoms with Crippen LogP contribution in [0.3, 0.4) is 0 Å². The van der Waals surface area contributed by atoms with E-state index < -0.39 is 0 Å². The fourth-order valence-electron chi connectivity index (χ4n) is 2.79. The third-order valence-electron chi connectivity index (χ3n) is 4.00. The quantitative estimate of drug-likeness (QED) is 0.838. The molecule has 0 atom stereocenters. The van der Waals surface area contributed by atoms with Gasteiger partial charge in [-0.2, -0.15) is 0 Å². The van der Waals surface area contributed by atoms with Crippen LogP contribution < -0.4 is 5.32 Å². The highest BCUT2D eigenvalue weighted by Gasteiger charge is 2.28. The number of aromatic nitrogens is 1. The smallest absolute Gasteiger partial charge is 0.245 e. The highest BCUT2D eigenvalue weighted by Crippen LogP contribution is 2.26. The largest absolute Gasteiger partial charge is 0.333 e. The fraction of sp³-hybridized carbons (Fsp3) is 0.688. The summed E-state index contributed by atoms with van der Waals surface area (Å²) in [5, 5.41) is 3.39. The summed E-state index contributed by atoms with van der Waals surface area (Å²) in [5.41, 5.74) is 0. The molecule has 1 heterocycles. The minimum absolute atomic E-state index is 0.117. The van der Waals surface area contributed by atoms with E-state index in [1.54, 1.807) is 11.1 Å². The Balaban J connectivity index is 1.92. The van der Waals surface area contributed by atoms with Gasteiger partial charge in [0.25, 0.3) is 0 Å². The number of thiazole rings is 1. The summed E-state index contributed by atoms with van der Waals surface area (Å²) < 4.78 is 0. The number of anilines is 1.